The lowest BCUT2D eigenvalue weighted by molar-refractivity contribution is -0.121. The van der Waals surface area contributed by atoms with Crippen molar-refractivity contribution < 1.29 is 14.3 Å². The fourth-order valence-electron chi connectivity index (χ4n) is 3.32. The molecule has 0 spiro atoms. The van der Waals surface area contributed by atoms with Gasteiger partial charge in [-0.2, -0.15) is 0 Å². The van der Waals surface area contributed by atoms with Gasteiger partial charge in [-0.05, 0) is 48.5 Å². The molecule has 4 aromatic rings. The Morgan fingerprint density at radius 2 is 1.45 bits per heavy atom. The first-order valence-corrected chi connectivity index (χ1v) is 10.4. The van der Waals surface area contributed by atoms with Crippen LogP contribution in [0.4, 0.5) is 11.5 Å². The van der Waals surface area contributed by atoms with E-state index in [2.05, 4.69) is 15.6 Å². The minimum atomic E-state index is -0.343. The van der Waals surface area contributed by atoms with Crippen molar-refractivity contribution in [3.63, 3.8) is 0 Å². The van der Waals surface area contributed by atoms with Gasteiger partial charge in [-0.15, -0.1) is 0 Å². The lowest BCUT2D eigenvalue weighted by atomic mass is 10.2. The summed E-state index contributed by atoms with van der Waals surface area (Å²) in [5.74, 6) is 1.07. The maximum Gasteiger partial charge on any atom is 0.329 e. The lowest BCUT2D eigenvalue weighted by Crippen LogP contribution is -2.19. The molecule has 0 radical (unpaired) electrons. The molecule has 0 saturated heterocycles. The molecule has 0 aliphatic rings. The Balaban J connectivity index is 1.28. The molecule has 2 aromatic carbocycles. The van der Waals surface area contributed by atoms with Crippen LogP contribution in [0.5, 0.6) is 11.5 Å². The molecule has 0 bridgehead atoms. The number of nitrogens with one attached hydrogen (secondary N) is 2. The molecule has 2 heterocycles. The molecule has 0 aliphatic heterocycles. The SMILES string of the molecule is Cn1c(=O)n(C)c2nc(NC(=O)CCC(=O)Nc3ccc(Oc4ccccc4)cc3)ccc21. The van der Waals surface area contributed by atoms with Gasteiger partial charge in [-0.3, -0.25) is 18.7 Å². The molecule has 168 valence electrons. The maximum absolute atomic E-state index is 12.3. The van der Waals surface area contributed by atoms with Crippen LogP contribution < -0.4 is 21.1 Å². The fraction of sp³-hybridized carbons (Fsp3) is 0.167. The first-order valence-electron chi connectivity index (χ1n) is 10.4. The van der Waals surface area contributed by atoms with Crippen molar-refractivity contribution in [2.45, 2.75) is 12.8 Å². The second-order valence-electron chi connectivity index (χ2n) is 7.48. The third-order valence-corrected chi connectivity index (χ3v) is 5.07. The van der Waals surface area contributed by atoms with E-state index in [0.717, 1.165) is 5.75 Å². The Labute approximate surface area is 189 Å². The van der Waals surface area contributed by atoms with E-state index in [0.29, 0.717) is 28.4 Å². The normalized spacial score (nSPS) is 10.7. The van der Waals surface area contributed by atoms with Crippen LogP contribution in [-0.2, 0) is 23.7 Å². The van der Waals surface area contributed by atoms with Gasteiger partial charge in [0.15, 0.2) is 5.65 Å². The summed E-state index contributed by atoms with van der Waals surface area (Å²) in [4.78, 5) is 40.8. The molecule has 0 unspecified atom stereocenters. The largest absolute Gasteiger partial charge is 0.457 e. The topological polar surface area (TPSA) is 107 Å². The number of anilines is 2. The van der Waals surface area contributed by atoms with Crippen LogP contribution in [0.1, 0.15) is 12.8 Å². The van der Waals surface area contributed by atoms with Gasteiger partial charge in [0.25, 0.3) is 0 Å². The van der Waals surface area contributed by atoms with E-state index in [1.165, 1.54) is 9.13 Å². The number of hydrogen-bond acceptors (Lipinski definition) is 5. The highest BCUT2D eigenvalue weighted by molar-refractivity contribution is 5.96. The quantitative estimate of drug-likeness (QED) is 0.453. The highest BCUT2D eigenvalue weighted by Gasteiger charge is 2.12. The van der Waals surface area contributed by atoms with Gasteiger partial charge in [0.2, 0.25) is 11.8 Å². The summed E-state index contributed by atoms with van der Waals surface area (Å²) in [6, 6.07) is 19.7. The lowest BCUT2D eigenvalue weighted by Gasteiger charge is -2.08. The Morgan fingerprint density at radius 3 is 2.15 bits per heavy atom. The van der Waals surface area contributed by atoms with Gasteiger partial charge in [0.05, 0.1) is 5.52 Å². The van der Waals surface area contributed by atoms with Crippen LogP contribution in [0.2, 0.25) is 0 Å². The number of para-hydroxylation sites is 1. The van der Waals surface area contributed by atoms with E-state index in [-0.39, 0.29) is 30.3 Å². The Bertz CT molecular complexity index is 1360. The number of nitrogens with zero attached hydrogens (tertiary/aromatic N) is 3. The minimum Gasteiger partial charge on any atom is -0.457 e. The van der Waals surface area contributed by atoms with Crippen molar-refractivity contribution in [2.24, 2.45) is 14.1 Å². The fourth-order valence-corrected chi connectivity index (χ4v) is 3.32. The Kier molecular flexibility index (Phi) is 6.21. The average molecular weight is 445 g/mol. The van der Waals surface area contributed by atoms with Crippen molar-refractivity contribution >= 4 is 34.5 Å². The number of carbonyl (C=O) groups is 2. The number of aryl methyl sites for hydroxylation is 2. The monoisotopic (exact) mass is 445 g/mol. The smallest absolute Gasteiger partial charge is 0.329 e. The zero-order chi connectivity index (χ0) is 23.4. The van der Waals surface area contributed by atoms with Crippen LogP contribution >= 0.6 is 0 Å². The van der Waals surface area contributed by atoms with Gasteiger partial charge in [-0.1, -0.05) is 18.2 Å². The summed E-state index contributed by atoms with van der Waals surface area (Å²) in [7, 11) is 3.28. The van der Waals surface area contributed by atoms with E-state index >= 15 is 0 Å². The molecular weight excluding hydrogens is 422 g/mol. The predicted octanol–water partition coefficient (Wildman–Crippen LogP) is 3.42. The predicted molar refractivity (Wildman–Crippen MR) is 125 cm³/mol. The van der Waals surface area contributed by atoms with E-state index in [1.807, 2.05) is 30.3 Å². The first-order chi connectivity index (χ1) is 15.9. The van der Waals surface area contributed by atoms with E-state index in [9.17, 15) is 14.4 Å². The van der Waals surface area contributed by atoms with Gasteiger partial charge in [0.1, 0.15) is 17.3 Å². The van der Waals surface area contributed by atoms with Crippen LogP contribution in [-0.4, -0.2) is 25.9 Å². The number of ether oxygens (including phenoxy) is 1. The second-order valence-corrected chi connectivity index (χ2v) is 7.48. The molecular formula is C24H23N5O4. The molecule has 2 N–H and O–H groups in total. The number of benzene rings is 2. The van der Waals surface area contributed by atoms with Gasteiger partial charge in [-0.25, -0.2) is 9.78 Å². The molecule has 4 rings (SSSR count). The third-order valence-electron chi connectivity index (χ3n) is 5.07. The number of pyridine rings is 1. The van der Waals surface area contributed by atoms with Crippen LogP contribution in [0.15, 0.2) is 71.5 Å². The molecule has 9 nitrogen and oxygen atoms in total. The van der Waals surface area contributed by atoms with Crippen LogP contribution in [0, 0.1) is 0 Å². The summed E-state index contributed by atoms with van der Waals surface area (Å²) in [6.45, 7) is 0. The van der Waals surface area contributed by atoms with Gasteiger partial charge < -0.3 is 15.4 Å². The van der Waals surface area contributed by atoms with E-state index in [1.54, 1.807) is 50.5 Å². The van der Waals surface area contributed by atoms with Crippen molar-refractivity contribution in [1.82, 2.24) is 14.1 Å². The van der Waals surface area contributed by atoms with Crippen molar-refractivity contribution in [3.05, 3.63) is 77.2 Å². The number of hydrogen-bond donors (Lipinski definition) is 2. The number of rotatable bonds is 7. The summed E-state index contributed by atoms with van der Waals surface area (Å²) in [5.41, 5.74) is 1.55. The molecule has 0 saturated carbocycles. The summed E-state index contributed by atoms with van der Waals surface area (Å²) >= 11 is 0. The Hall–Kier alpha value is -4.40. The first kappa shape index (κ1) is 21.8. The highest BCUT2D eigenvalue weighted by Crippen LogP contribution is 2.22. The molecule has 2 amide bonds. The zero-order valence-electron chi connectivity index (χ0n) is 18.2. The van der Waals surface area contributed by atoms with E-state index < -0.39 is 0 Å². The average Bonchev–Trinajstić information content (AvgIpc) is 3.03. The minimum absolute atomic E-state index is 0.00548. The van der Waals surface area contributed by atoms with Gasteiger partial charge in [0, 0.05) is 32.6 Å². The second kappa shape index (κ2) is 9.39. The number of amides is 2. The van der Waals surface area contributed by atoms with E-state index in [4.69, 9.17) is 4.74 Å². The number of imidazole rings is 1. The van der Waals surface area contributed by atoms with Crippen molar-refractivity contribution in [3.8, 4) is 11.5 Å². The molecule has 0 atom stereocenters. The summed E-state index contributed by atoms with van der Waals surface area (Å²) < 4.78 is 8.62. The van der Waals surface area contributed by atoms with Crippen molar-refractivity contribution in [2.75, 3.05) is 10.6 Å². The highest BCUT2D eigenvalue weighted by atomic mass is 16.5. The van der Waals surface area contributed by atoms with Gasteiger partial charge >= 0.3 is 5.69 Å². The number of aromatic nitrogens is 3. The standard InChI is InChI=1S/C24H23N5O4/c1-28-19-12-13-20(27-23(19)29(2)24(28)32)26-22(31)15-14-21(30)25-16-8-10-18(11-9-16)33-17-6-4-3-5-7-17/h3-13H,14-15H2,1-2H3,(H,25,30)(H,26,27,31). The molecule has 9 heteroatoms. The summed E-state index contributed by atoms with van der Waals surface area (Å²) in [5, 5.41) is 5.43. The summed E-state index contributed by atoms with van der Waals surface area (Å²) in [6.07, 6.45) is 0.00857. The molecule has 2 aromatic heterocycles. The number of carbonyl (C=O) groups excluding carboxylic acids is 2. The van der Waals surface area contributed by atoms with Crippen LogP contribution in [0.25, 0.3) is 11.2 Å². The number of fused-ring (bicyclic) bond motifs is 1. The van der Waals surface area contributed by atoms with Crippen molar-refractivity contribution in [1.29, 1.82) is 0 Å². The molecule has 0 fully saturated rings. The van der Waals surface area contributed by atoms with Crippen LogP contribution in [0.3, 0.4) is 0 Å². The third kappa shape index (κ3) is 5.09. The molecule has 33 heavy (non-hydrogen) atoms. The Morgan fingerprint density at radius 1 is 0.818 bits per heavy atom. The molecule has 0 aliphatic carbocycles. The zero-order valence-corrected chi connectivity index (χ0v) is 18.2. The maximum atomic E-state index is 12.3.